The summed E-state index contributed by atoms with van der Waals surface area (Å²) in [5.41, 5.74) is -0.828. The second-order valence-corrected chi connectivity index (χ2v) is 9.63. The van der Waals surface area contributed by atoms with E-state index >= 15 is 0 Å². The van der Waals surface area contributed by atoms with Crippen molar-refractivity contribution >= 4 is 44.1 Å². The Hall–Kier alpha value is -5.39. The Bertz CT molecular complexity index is 1870. The Labute approximate surface area is 223 Å². The number of hydrogen-bond acceptors (Lipinski definition) is 11. The van der Waals surface area contributed by atoms with E-state index in [2.05, 4.69) is 20.5 Å². The topological polar surface area (TPSA) is 254 Å². The van der Waals surface area contributed by atoms with Crippen molar-refractivity contribution in [3.05, 3.63) is 114 Å². The molecule has 0 aliphatic heterocycles. The Morgan fingerprint density at radius 3 is 2.27 bits per heavy atom. The quantitative estimate of drug-likeness (QED) is 0.135. The van der Waals surface area contributed by atoms with Gasteiger partial charge < -0.3 is 10.1 Å². The number of rotatable bonds is 8. The third kappa shape index (κ3) is 5.70. The number of nitrogens with two attached hydrogens (primary N) is 1. The molecule has 0 saturated carbocycles. The maximum Gasteiger partial charge on any atom is 0.276 e. The van der Waals surface area contributed by atoms with Gasteiger partial charge in [-0.2, -0.15) is 5.10 Å². The van der Waals surface area contributed by atoms with Gasteiger partial charge in [0.1, 0.15) is 11.8 Å². The van der Waals surface area contributed by atoms with Crippen LogP contribution in [-0.4, -0.2) is 45.0 Å². The summed E-state index contributed by atoms with van der Waals surface area (Å²) in [7, 11) is -4.31. The fourth-order valence-corrected chi connectivity index (χ4v) is 4.35. The molecule has 0 spiro atoms. The number of aromatic amines is 1. The van der Waals surface area contributed by atoms with Crippen molar-refractivity contribution in [3.63, 3.8) is 0 Å². The molecule has 204 valence electrons. The van der Waals surface area contributed by atoms with E-state index in [-0.39, 0.29) is 33.5 Å². The van der Waals surface area contributed by atoms with Gasteiger partial charge in [-0.25, -0.2) is 24.0 Å². The zero-order valence-electron chi connectivity index (χ0n) is 19.9. The summed E-state index contributed by atoms with van der Waals surface area (Å²) >= 11 is 0. The maximum atomic E-state index is 13.0. The van der Waals surface area contributed by atoms with E-state index < -0.39 is 53.7 Å². The van der Waals surface area contributed by atoms with Gasteiger partial charge in [0.05, 0.1) is 31.3 Å². The molecule has 16 nitrogen and oxygen atoms in total. The smallest absolute Gasteiger partial charge is 0.276 e. The van der Waals surface area contributed by atoms with Crippen molar-refractivity contribution in [2.75, 3.05) is 0 Å². The lowest BCUT2D eigenvalue weighted by Crippen LogP contribution is -2.30. The van der Waals surface area contributed by atoms with Crippen molar-refractivity contribution < 1.29 is 28.2 Å². The standard InChI is InChI=1S/C23H17N7O9S/c24-40(38,39)18-4-2-1-3-15(18)22(32)28-27-19(21(31)12-5-7-13(8-6-12)29(34)35)20-23(33)26-17-11-14(30(36)37)9-10-16(17)25-20/h1-11,21,31H,(H,26,33)(H,28,32)(H2,24,38,39). The van der Waals surface area contributed by atoms with Gasteiger partial charge in [-0.3, -0.25) is 29.8 Å². The first-order chi connectivity index (χ1) is 18.9. The number of non-ortho nitro benzene ring substituents is 2. The molecule has 1 aromatic heterocycles. The lowest BCUT2D eigenvalue weighted by atomic mass is 10.0. The summed E-state index contributed by atoms with van der Waals surface area (Å²) < 4.78 is 23.8. The first-order valence-electron chi connectivity index (χ1n) is 11.0. The lowest BCUT2D eigenvalue weighted by Gasteiger charge is -2.14. The zero-order valence-corrected chi connectivity index (χ0v) is 20.7. The molecule has 1 unspecified atom stereocenters. The number of fused-ring (bicyclic) bond motifs is 1. The van der Waals surface area contributed by atoms with Gasteiger partial charge in [0.2, 0.25) is 10.0 Å². The number of nitro benzene ring substituents is 2. The highest BCUT2D eigenvalue weighted by molar-refractivity contribution is 7.89. The van der Waals surface area contributed by atoms with Crippen LogP contribution in [0, 0.1) is 20.2 Å². The summed E-state index contributed by atoms with van der Waals surface area (Å²) in [6, 6.07) is 13.0. The molecule has 0 bridgehead atoms. The normalized spacial score (nSPS) is 12.6. The van der Waals surface area contributed by atoms with Gasteiger partial charge in [0, 0.05) is 24.3 Å². The number of carbonyl (C=O) groups excluding carboxylic acids is 1. The number of benzene rings is 3. The maximum absolute atomic E-state index is 13.0. The predicted molar refractivity (Wildman–Crippen MR) is 139 cm³/mol. The Morgan fingerprint density at radius 1 is 1.02 bits per heavy atom. The van der Waals surface area contributed by atoms with Crippen LogP contribution in [-0.2, 0) is 10.0 Å². The number of sulfonamides is 1. The van der Waals surface area contributed by atoms with E-state index in [1.807, 2.05) is 0 Å². The zero-order chi connectivity index (χ0) is 29.2. The van der Waals surface area contributed by atoms with E-state index in [9.17, 15) is 43.3 Å². The van der Waals surface area contributed by atoms with Crippen LogP contribution in [0.5, 0.6) is 0 Å². The number of nitrogens with one attached hydrogen (secondary N) is 2. The number of nitrogens with zero attached hydrogens (tertiary/aromatic N) is 4. The van der Waals surface area contributed by atoms with Crippen LogP contribution in [0.15, 0.2) is 81.5 Å². The molecule has 0 aliphatic rings. The van der Waals surface area contributed by atoms with Crippen LogP contribution in [0.1, 0.15) is 27.7 Å². The number of carbonyl (C=O) groups is 1. The van der Waals surface area contributed by atoms with Crippen LogP contribution >= 0.6 is 0 Å². The van der Waals surface area contributed by atoms with E-state index in [1.165, 1.54) is 30.3 Å². The van der Waals surface area contributed by atoms with Crippen molar-refractivity contribution in [1.29, 1.82) is 0 Å². The van der Waals surface area contributed by atoms with Crippen molar-refractivity contribution in [1.82, 2.24) is 15.4 Å². The Morgan fingerprint density at radius 2 is 1.65 bits per heavy atom. The fraction of sp³-hybridized carbons (Fsp3) is 0.0435. The van der Waals surface area contributed by atoms with Gasteiger partial charge in [0.25, 0.3) is 22.8 Å². The summed E-state index contributed by atoms with van der Waals surface area (Å²) in [5, 5.41) is 42.2. The molecule has 0 radical (unpaired) electrons. The number of aromatic nitrogens is 2. The summed E-state index contributed by atoms with van der Waals surface area (Å²) in [6.45, 7) is 0. The number of aliphatic hydroxyl groups is 1. The van der Waals surface area contributed by atoms with E-state index in [1.54, 1.807) is 0 Å². The third-order valence-corrected chi connectivity index (χ3v) is 6.49. The SMILES string of the molecule is NS(=O)(=O)c1ccccc1C(=O)NN=C(c1nc2ccc([N+](=O)[O-])cc2[nH]c1=O)C(O)c1ccc([N+](=O)[O-])cc1. The lowest BCUT2D eigenvalue weighted by molar-refractivity contribution is -0.385. The highest BCUT2D eigenvalue weighted by Crippen LogP contribution is 2.23. The minimum absolute atomic E-state index is 0.00163. The fourth-order valence-electron chi connectivity index (χ4n) is 3.61. The van der Waals surface area contributed by atoms with E-state index in [0.717, 1.165) is 36.4 Å². The number of H-pyrrole nitrogens is 1. The molecule has 4 rings (SSSR count). The first-order valence-corrected chi connectivity index (χ1v) is 12.5. The van der Waals surface area contributed by atoms with Gasteiger partial charge in [0.15, 0.2) is 5.69 Å². The molecule has 1 heterocycles. The van der Waals surface area contributed by atoms with Gasteiger partial charge in [-0.05, 0) is 35.9 Å². The van der Waals surface area contributed by atoms with Crippen molar-refractivity contribution in [2.45, 2.75) is 11.0 Å². The monoisotopic (exact) mass is 567 g/mol. The van der Waals surface area contributed by atoms with Crippen LogP contribution < -0.4 is 16.1 Å². The summed E-state index contributed by atoms with van der Waals surface area (Å²) in [6.07, 6.45) is -1.78. The number of nitro groups is 2. The second-order valence-electron chi connectivity index (χ2n) is 8.10. The van der Waals surface area contributed by atoms with Crippen LogP contribution in [0.2, 0.25) is 0 Å². The van der Waals surface area contributed by atoms with Gasteiger partial charge in [-0.1, -0.05) is 12.1 Å². The molecule has 17 heteroatoms. The molecule has 0 aliphatic carbocycles. The number of aliphatic hydroxyl groups excluding tert-OH is 1. The van der Waals surface area contributed by atoms with Gasteiger partial charge >= 0.3 is 0 Å². The molecular weight excluding hydrogens is 550 g/mol. The highest BCUT2D eigenvalue weighted by Gasteiger charge is 2.25. The summed E-state index contributed by atoms with van der Waals surface area (Å²) in [4.78, 5) is 52.6. The first kappa shape index (κ1) is 27.6. The molecule has 0 saturated heterocycles. The van der Waals surface area contributed by atoms with E-state index in [0.29, 0.717) is 0 Å². The molecule has 1 amide bonds. The average molecular weight is 567 g/mol. The molecular formula is C23H17N7O9S. The molecule has 0 fully saturated rings. The highest BCUT2D eigenvalue weighted by atomic mass is 32.2. The molecule has 3 aromatic carbocycles. The Kier molecular flexibility index (Phi) is 7.44. The van der Waals surface area contributed by atoms with E-state index in [4.69, 9.17) is 5.14 Å². The van der Waals surface area contributed by atoms with Crippen molar-refractivity contribution in [3.8, 4) is 0 Å². The summed E-state index contributed by atoms with van der Waals surface area (Å²) in [5.74, 6) is -1.06. The largest absolute Gasteiger partial charge is 0.382 e. The number of hydrazone groups is 1. The van der Waals surface area contributed by atoms with Crippen LogP contribution in [0.3, 0.4) is 0 Å². The minimum Gasteiger partial charge on any atom is -0.382 e. The average Bonchev–Trinajstić information content (AvgIpc) is 2.92. The second kappa shape index (κ2) is 10.8. The molecule has 40 heavy (non-hydrogen) atoms. The van der Waals surface area contributed by atoms with Crippen LogP contribution in [0.25, 0.3) is 11.0 Å². The molecule has 5 N–H and O–H groups in total. The predicted octanol–water partition coefficient (Wildman–Crippen LogP) is 1.25. The van der Waals surface area contributed by atoms with Gasteiger partial charge in [-0.15, -0.1) is 0 Å². The minimum atomic E-state index is -4.31. The number of amides is 1. The number of hydrogen-bond donors (Lipinski definition) is 4. The Balaban J connectivity index is 1.83. The van der Waals surface area contributed by atoms with Crippen molar-refractivity contribution in [2.24, 2.45) is 10.2 Å². The number of primary sulfonamides is 1. The molecule has 4 aromatic rings. The van der Waals surface area contributed by atoms with Crippen LogP contribution in [0.4, 0.5) is 11.4 Å². The third-order valence-electron chi connectivity index (χ3n) is 5.52. The molecule has 1 atom stereocenters.